The molecule has 7 heteroatoms. The van der Waals surface area contributed by atoms with E-state index < -0.39 is 23.4 Å². The van der Waals surface area contributed by atoms with Gasteiger partial charge in [0.05, 0.1) is 6.61 Å². The Balaban J connectivity index is 1.46. The molecule has 3 rings (SSSR count). The molecule has 24 heavy (non-hydrogen) atoms. The summed E-state index contributed by atoms with van der Waals surface area (Å²) in [6.07, 6.45) is 3.65. The van der Waals surface area contributed by atoms with Gasteiger partial charge in [-0.3, -0.25) is 9.59 Å². The van der Waals surface area contributed by atoms with Crippen LogP contribution in [0.1, 0.15) is 31.2 Å². The summed E-state index contributed by atoms with van der Waals surface area (Å²) < 4.78 is 25.0. The Labute approximate surface area is 139 Å². The first-order chi connectivity index (χ1) is 11.5. The zero-order valence-electron chi connectivity index (χ0n) is 13.6. The van der Waals surface area contributed by atoms with Crippen molar-refractivity contribution in [2.24, 2.45) is 0 Å². The van der Waals surface area contributed by atoms with Crippen molar-refractivity contribution in [3.63, 3.8) is 0 Å². The number of carbonyl (C=O) groups is 2. The molecule has 2 N–H and O–H groups in total. The van der Waals surface area contributed by atoms with Gasteiger partial charge in [0, 0.05) is 25.1 Å². The van der Waals surface area contributed by atoms with E-state index in [1.165, 1.54) is 12.1 Å². The Morgan fingerprint density at radius 2 is 2.04 bits per heavy atom. The smallest absolute Gasteiger partial charge is 0.313 e. The van der Waals surface area contributed by atoms with Gasteiger partial charge in [-0.25, -0.2) is 4.39 Å². The number of benzene rings is 1. The molecule has 130 valence electrons. The van der Waals surface area contributed by atoms with E-state index in [1.807, 2.05) is 0 Å². The van der Waals surface area contributed by atoms with Crippen LogP contribution in [-0.4, -0.2) is 36.9 Å². The predicted octanol–water partition coefficient (Wildman–Crippen LogP) is 1.87. The number of hydrogen-bond acceptors (Lipinski definition) is 4. The number of nitrogens with one attached hydrogen (secondary N) is 2. The quantitative estimate of drug-likeness (QED) is 0.826. The molecule has 1 saturated heterocycles. The largest absolute Gasteiger partial charge is 0.347 e. The molecule has 0 bridgehead atoms. The topological polar surface area (TPSA) is 76.7 Å². The van der Waals surface area contributed by atoms with Crippen molar-refractivity contribution < 1.29 is 23.5 Å². The lowest BCUT2D eigenvalue weighted by atomic mass is 10.2. The molecule has 1 atom stereocenters. The number of hydrogen-bond donors (Lipinski definition) is 2. The lowest BCUT2D eigenvalue weighted by molar-refractivity contribution is -0.161. The van der Waals surface area contributed by atoms with E-state index in [9.17, 15) is 14.0 Å². The summed E-state index contributed by atoms with van der Waals surface area (Å²) >= 11 is 0. The van der Waals surface area contributed by atoms with Crippen molar-refractivity contribution in [3.05, 3.63) is 29.6 Å². The normalized spacial score (nSPS) is 21.8. The van der Waals surface area contributed by atoms with Gasteiger partial charge in [-0.15, -0.1) is 0 Å². The maximum absolute atomic E-state index is 13.4. The Kier molecular flexibility index (Phi) is 4.82. The number of aryl methyl sites for hydroxylation is 1. The van der Waals surface area contributed by atoms with Crippen LogP contribution < -0.4 is 10.6 Å². The van der Waals surface area contributed by atoms with Crippen molar-refractivity contribution in [2.75, 3.05) is 18.5 Å². The highest BCUT2D eigenvalue weighted by Crippen LogP contribution is 2.38. The summed E-state index contributed by atoms with van der Waals surface area (Å²) in [4.78, 5) is 23.7. The molecule has 1 aromatic carbocycles. The van der Waals surface area contributed by atoms with Gasteiger partial charge >= 0.3 is 11.8 Å². The van der Waals surface area contributed by atoms with E-state index in [4.69, 9.17) is 9.47 Å². The fourth-order valence-electron chi connectivity index (χ4n) is 3.04. The molecule has 0 aromatic heterocycles. The van der Waals surface area contributed by atoms with Crippen molar-refractivity contribution in [3.8, 4) is 0 Å². The molecule has 1 saturated carbocycles. The van der Waals surface area contributed by atoms with Crippen LogP contribution in [0.25, 0.3) is 0 Å². The van der Waals surface area contributed by atoms with Crippen LogP contribution in [0.15, 0.2) is 18.2 Å². The summed E-state index contributed by atoms with van der Waals surface area (Å²) in [5.74, 6) is -2.55. The zero-order chi connectivity index (χ0) is 17.2. The zero-order valence-corrected chi connectivity index (χ0v) is 13.6. The van der Waals surface area contributed by atoms with Gasteiger partial charge in [-0.1, -0.05) is 6.07 Å². The molecule has 2 fully saturated rings. The summed E-state index contributed by atoms with van der Waals surface area (Å²) in [6, 6.07) is 4.26. The number of carbonyl (C=O) groups excluding carboxylic acids is 2. The first-order valence-corrected chi connectivity index (χ1v) is 8.15. The Morgan fingerprint density at radius 3 is 2.75 bits per heavy atom. The first-order valence-electron chi connectivity index (χ1n) is 8.15. The van der Waals surface area contributed by atoms with Crippen LogP contribution in [0.5, 0.6) is 0 Å². The Hall–Kier alpha value is -1.99. The molecular weight excluding hydrogens is 315 g/mol. The third kappa shape index (κ3) is 3.73. The van der Waals surface area contributed by atoms with E-state index in [2.05, 4.69) is 10.6 Å². The van der Waals surface area contributed by atoms with Gasteiger partial charge in [0.15, 0.2) is 5.79 Å². The summed E-state index contributed by atoms with van der Waals surface area (Å²) in [6.45, 7) is 2.23. The van der Waals surface area contributed by atoms with Crippen LogP contribution >= 0.6 is 0 Å². The van der Waals surface area contributed by atoms with E-state index in [0.717, 1.165) is 25.7 Å². The van der Waals surface area contributed by atoms with Crippen LogP contribution in [0, 0.1) is 12.7 Å². The fourth-order valence-corrected chi connectivity index (χ4v) is 3.04. The molecule has 1 spiro atoms. The van der Waals surface area contributed by atoms with Crippen molar-refractivity contribution in [2.45, 2.75) is 44.5 Å². The standard InChI is InChI=1S/C17H21FN2O4/c1-11-4-5-12(8-14(11)18)20-16(22)15(21)19-9-13-10-23-17(24-13)6-2-3-7-17/h4-5,8,13H,2-3,6-7,9-10H2,1H3,(H,19,21)(H,20,22)/t13-/m0/s1. The molecule has 1 aliphatic heterocycles. The minimum absolute atomic E-state index is 0.205. The average Bonchev–Trinajstić information content (AvgIpc) is 3.19. The average molecular weight is 336 g/mol. The van der Waals surface area contributed by atoms with Crippen molar-refractivity contribution >= 4 is 17.5 Å². The van der Waals surface area contributed by atoms with E-state index >= 15 is 0 Å². The highest BCUT2D eigenvalue weighted by atomic mass is 19.1. The van der Waals surface area contributed by atoms with E-state index in [-0.39, 0.29) is 18.3 Å². The molecule has 2 amide bonds. The second-order valence-corrected chi connectivity index (χ2v) is 6.30. The lowest BCUT2D eigenvalue weighted by Crippen LogP contribution is -2.40. The number of amides is 2. The van der Waals surface area contributed by atoms with Crippen molar-refractivity contribution in [1.82, 2.24) is 5.32 Å². The summed E-state index contributed by atoms with van der Waals surface area (Å²) in [5, 5.41) is 4.90. The second-order valence-electron chi connectivity index (χ2n) is 6.30. The summed E-state index contributed by atoms with van der Waals surface area (Å²) in [5.41, 5.74) is 0.709. The molecule has 0 radical (unpaired) electrons. The Bertz CT molecular complexity index is 643. The lowest BCUT2D eigenvalue weighted by Gasteiger charge is -2.21. The summed E-state index contributed by atoms with van der Waals surface area (Å²) in [7, 11) is 0. The van der Waals surface area contributed by atoms with Crippen LogP contribution in [0.3, 0.4) is 0 Å². The third-order valence-electron chi connectivity index (χ3n) is 4.41. The molecule has 1 aliphatic carbocycles. The second kappa shape index (κ2) is 6.86. The van der Waals surface area contributed by atoms with Crippen LogP contribution in [0.2, 0.25) is 0 Å². The SMILES string of the molecule is Cc1ccc(NC(=O)C(=O)NC[C@H]2COC3(CCCC3)O2)cc1F. The highest BCUT2D eigenvalue weighted by Gasteiger charge is 2.43. The van der Waals surface area contributed by atoms with Gasteiger partial charge < -0.3 is 20.1 Å². The van der Waals surface area contributed by atoms with Gasteiger partial charge in [0.2, 0.25) is 0 Å². The van der Waals surface area contributed by atoms with E-state index in [1.54, 1.807) is 13.0 Å². The van der Waals surface area contributed by atoms with Gasteiger partial charge in [-0.05, 0) is 37.5 Å². The predicted molar refractivity (Wildman–Crippen MR) is 84.8 cm³/mol. The number of anilines is 1. The van der Waals surface area contributed by atoms with E-state index in [0.29, 0.717) is 12.2 Å². The minimum Gasteiger partial charge on any atom is -0.347 e. The monoisotopic (exact) mass is 336 g/mol. The fraction of sp³-hybridized carbons (Fsp3) is 0.529. The maximum Gasteiger partial charge on any atom is 0.313 e. The number of halogens is 1. The highest BCUT2D eigenvalue weighted by molar-refractivity contribution is 6.39. The minimum atomic E-state index is -0.840. The molecular formula is C17H21FN2O4. The molecule has 1 heterocycles. The molecule has 1 aromatic rings. The first kappa shape index (κ1) is 16.9. The van der Waals surface area contributed by atoms with Crippen LogP contribution in [-0.2, 0) is 19.1 Å². The third-order valence-corrected chi connectivity index (χ3v) is 4.41. The number of rotatable bonds is 3. The Morgan fingerprint density at radius 1 is 1.29 bits per heavy atom. The molecule has 6 nitrogen and oxygen atoms in total. The van der Waals surface area contributed by atoms with Gasteiger partial charge in [0.1, 0.15) is 11.9 Å². The van der Waals surface area contributed by atoms with Gasteiger partial charge in [0.25, 0.3) is 0 Å². The maximum atomic E-state index is 13.4. The van der Waals surface area contributed by atoms with Gasteiger partial charge in [-0.2, -0.15) is 0 Å². The number of ether oxygens (including phenoxy) is 2. The molecule has 2 aliphatic rings. The van der Waals surface area contributed by atoms with Crippen molar-refractivity contribution in [1.29, 1.82) is 0 Å². The van der Waals surface area contributed by atoms with Crippen LogP contribution in [0.4, 0.5) is 10.1 Å². The molecule has 0 unspecified atom stereocenters.